The van der Waals surface area contributed by atoms with Gasteiger partial charge in [0.1, 0.15) is 22.3 Å². The number of nitrogens with zero attached hydrogens (tertiary/aromatic N) is 5. The second kappa shape index (κ2) is 7.76. The van der Waals surface area contributed by atoms with Gasteiger partial charge in [0.2, 0.25) is 0 Å². The molecule has 28 heavy (non-hydrogen) atoms. The molecule has 0 unspecified atom stereocenters. The van der Waals surface area contributed by atoms with Crippen LogP contribution in [-0.2, 0) is 5.75 Å². The molecule has 7 nitrogen and oxygen atoms in total. The Balaban J connectivity index is 1.55. The number of fused-ring (bicyclic) bond motifs is 1. The summed E-state index contributed by atoms with van der Waals surface area (Å²) < 4.78 is 12.7. The number of aromatic nitrogens is 5. The highest BCUT2D eigenvalue weighted by Gasteiger charge is 2.14. The number of benzene rings is 1. The molecular formula is C19H19N5O2S2. The zero-order valence-electron chi connectivity index (χ0n) is 16.0. The molecule has 4 aromatic rings. The molecule has 3 aromatic heterocycles. The van der Waals surface area contributed by atoms with Crippen LogP contribution in [-0.4, -0.2) is 38.8 Å². The van der Waals surface area contributed by atoms with Crippen molar-refractivity contribution >= 4 is 28.7 Å². The van der Waals surface area contributed by atoms with Crippen LogP contribution in [0, 0.1) is 13.8 Å². The van der Waals surface area contributed by atoms with E-state index in [2.05, 4.69) is 20.6 Å². The standard InChI is InChI=1S/C19H19N5O2S2/c1-11-7-17-22-23-19(24(17)12(2)20-11)28-10-13-9-27-18(21-13)15-6-5-14(25-3)8-16(15)26-4/h5-9H,10H2,1-4H3. The summed E-state index contributed by atoms with van der Waals surface area (Å²) in [6.45, 7) is 3.92. The summed E-state index contributed by atoms with van der Waals surface area (Å²) in [6, 6.07) is 7.68. The van der Waals surface area contributed by atoms with E-state index < -0.39 is 0 Å². The van der Waals surface area contributed by atoms with E-state index in [0.717, 1.165) is 50.1 Å². The van der Waals surface area contributed by atoms with Crippen LogP contribution < -0.4 is 9.47 Å². The maximum Gasteiger partial charge on any atom is 0.197 e. The number of hydrogen-bond donors (Lipinski definition) is 0. The number of hydrogen-bond acceptors (Lipinski definition) is 8. The first-order valence-corrected chi connectivity index (χ1v) is 10.4. The highest BCUT2D eigenvalue weighted by atomic mass is 32.2. The van der Waals surface area contributed by atoms with Gasteiger partial charge < -0.3 is 9.47 Å². The average molecular weight is 414 g/mol. The minimum absolute atomic E-state index is 0.697. The zero-order valence-corrected chi connectivity index (χ0v) is 17.6. The highest BCUT2D eigenvalue weighted by Crippen LogP contribution is 2.35. The topological polar surface area (TPSA) is 74.4 Å². The molecule has 9 heteroatoms. The molecule has 0 fully saturated rings. The first kappa shape index (κ1) is 18.7. The van der Waals surface area contributed by atoms with E-state index in [0.29, 0.717) is 5.75 Å². The van der Waals surface area contributed by atoms with E-state index in [1.54, 1.807) is 37.3 Å². The van der Waals surface area contributed by atoms with Crippen LogP contribution in [0.5, 0.6) is 11.5 Å². The first-order valence-electron chi connectivity index (χ1n) is 8.58. The lowest BCUT2D eigenvalue weighted by Crippen LogP contribution is -1.98. The quantitative estimate of drug-likeness (QED) is 0.439. The maximum absolute atomic E-state index is 5.49. The Kier molecular flexibility index (Phi) is 5.19. The number of aryl methyl sites for hydroxylation is 2. The largest absolute Gasteiger partial charge is 0.497 e. The van der Waals surface area contributed by atoms with Crippen molar-refractivity contribution in [2.45, 2.75) is 24.8 Å². The molecule has 3 heterocycles. The van der Waals surface area contributed by atoms with Gasteiger partial charge >= 0.3 is 0 Å². The van der Waals surface area contributed by atoms with Gasteiger partial charge in [-0.1, -0.05) is 11.8 Å². The van der Waals surface area contributed by atoms with Crippen LogP contribution in [0.2, 0.25) is 0 Å². The Labute approximate surface area is 170 Å². The van der Waals surface area contributed by atoms with E-state index in [1.807, 2.05) is 42.5 Å². The summed E-state index contributed by atoms with van der Waals surface area (Å²) in [7, 11) is 3.29. The van der Waals surface area contributed by atoms with Gasteiger partial charge in [-0.3, -0.25) is 4.40 Å². The van der Waals surface area contributed by atoms with Crippen LogP contribution in [0.1, 0.15) is 17.2 Å². The Bertz CT molecular complexity index is 1140. The van der Waals surface area contributed by atoms with Gasteiger partial charge in [0.05, 0.1) is 25.5 Å². The molecule has 0 N–H and O–H groups in total. The second-order valence-electron chi connectivity index (χ2n) is 6.12. The second-order valence-corrected chi connectivity index (χ2v) is 7.92. The molecule has 0 bridgehead atoms. The van der Waals surface area contributed by atoms with E-state index >= 15 is 0 Å². The first-order chi connectivity index (χ1) is 13.6. The van der Waals surface area contributed by atoms with Gasteiger partial charge in [-0.15, -0.1) is 21.5 Å². The molecule has 144 valence electrons. The van der Waals surface area contributed by atoms with Crippen molar-refractivity contribution in [2.24, 2.45) is 0 Å². The normalized spacial score (nSPS) is 11.1. The molecule has 0 aliphatic heterocycles. The van der Waals surface area contributed by atoms with Gasteiger partial charge in [0.25, 0.3) is 0 Å². The lowest BCUT2D eigenvalue weighted by Gasteiger charge is -2.08. The van der Waals surface area contributed by atoms with Crippen molar-refractivity contribution in [2.75, 3.05) is 14.2 Å². The predicted molar refractivity (Wildman–Crippen MR) is 110 cm³/mol. The van der Waals surface area contributed by atoms with Crippen molar-refractivity contribution in [3.63, 3.8) is 0 Å². The van der Waals surface area contributed by atoms with Crippen LogP contribution in [0.3, 0.4) is 0 Å². The van der Waals surface area contributed by atoms with Crippen molar-refractivity contribution in [3.8, 4) is 22.1 Å². The van der Waals surface area contributed by atoms with Crippen molar-refractivity contribution in [1.82, 2.24) is 24.6 Å². The van der Waals surface area contributed by atoms with Gasteiger partial charge in [0, 0.05) is 29.0 Å². The molecule has 0 aliphatic rings. The number of ether oxygens (including phenoxy) is 2. The lowest BCUT2D eigenvalue weighted by atomic mass is 10.2. The van der Waals surface area contributed by atoms with Crippen LogP contribution >= 0.6 is 23.1 Å². The van der Waals surface area contributed by atoms with Crippen molar-refractivity contribution in [1.29, 1.82) is 0 Å². The number of methoxy groups -OCH3 is 2. The molecule has 0 spiro atoms. The van der Waals surface area contributed by atoms with Gasteiger partial charge in [0.15, 0.2) is 10.8 Å². The third-order valence-electron chi connectivity index (χ3n) is 4.20. The predicted octanol–water partition coefficient (Wildman–Crippen LogP) is 4.17. The molecule has 0 saturated carbocycles. The van der Waals surface area contributed by atoms with Gasteiger partial charge in [-0.2, -0.15) is 0 Å². The number of thioether (sulfide) groups is 1. The summed E-state index contributed by atoms with van der Waals surface area (Å²) in [5.41, 5.74) is 3.69. The third kappa shape index (κ3) is 3.55. The fourth-order valence-electron chi connectivity index (χ4n) is 2.91. The Morgan fingerprint density at radius 2 is 1.93 bits per heavy atom. The molecule has 1 aromatic carbocycles. The molecule has 0 radical (unpaired) electrons. The lowest BCUT2D eigenvalue weighted by molar-refractivity contribution is 0.395. The summed E-state index contributed by atoms with van der Waals surface area (Å²) in [5.74, 6) is 3.08. The molecule has 0 amide bonds. The summed E-state index contributed by atoms with van der Waals surface area (Å²) >= 11 is 3.19. The van der Waals surface area contributed by atoms with E-state index in [4.69, 9.17) is 14.5 Å². The number of rotatable bonds is 6. The van der Waals surface area contributed by atoms with Crippen LogP contribution in [0.15, 0.2) is 34.8 Å². The van der Waals surface area contributed by atoms with E-state index in [-0.39, 0.29) is 0 Å². The summed E-state index contributed by atoms with van der Waals surface area (Å²) in [6.07, 6.45) is 0. The summed E-state index contributed by atoms with van der Waals surface area (Å²) in [5, 5.41) is 12.3. The number of thiazole rings is 1. The fourth-order valence-corrected chi connectivity index (χ4v) is 4.74. The Hall–Kier alpha value is -2.65. The van der Waals surface area contributed by atoms with E-state index in [1.165, 1.54) is 0 Å². The highest BCUT2D eigenvalue weighted by molar-refractivity contribution is 7.98. The summed E-state index contributed by atoms with van der Waals surface area (Å²) in [4.78, 5) is 9.26. The van der Waals surface area contributed by atoms with Gasteiger partial charge in [-0.25, -0.2) is 9.97 Å². The smallest absolute Gasteiger partial charge is 0.197 e. The van der Waals surface area contributed by atoms with Crippen molar-refractivity contribution in [3.05, 3.63) is 46.9 Å². The molecular weight excluding hydrogens is 394 g/mol. The molecule has 4 rings (SSSR count). The van der Waals surface area contributed by atoms with E-state index in [9.17, 15) is 0 Å². The van der Waals surface area contributed by atoms with Crippen molar-refractivity contribution < 1.29 is 9.47 Å². The van der Waals surface area contributed by atoms with Crippen LogP contribution in [0.25, 0.3) is 16.2 Å². The Morgan fingerprint density at radius 1 is 1.07 bits per heavy atom. The maximum atomic E-state index is 5.49. The molecule has 0 aliphatic carbocycles. The third-order valence-corrected chi connectivity index (χ3v) is 6.09. The Morgan fingerprint density at radius 3 is 2.71 bits per heavy atom. The molecule has 0 atom stereocenters. The monoisotopic (exact) mass is 413 g/mol. The fraction of sp³-hybridized carbons (Fsp3) is 0.263. The van der Waals surface area contributed by atoms with Gasteiger partial charge in [-0.05, 0) is 26.0 Å². The van der Waals surface area contributed by atoms with Crippen LogP contribution in [0.4, 0.5) is 0 Å². The minimum atomic E-state index is 0.697. The average Bonchev–Trinajstić information content (AvgIpc) is 3.32. The molecule has 0 saturated heterocycles. The zero-order chi connectivity index (χ0) is 19.7. The SMILES string of the molecule is COc1ccc(-c2nc(CSc3nnc4cc(C)nc(C)n34)cs2)c(OC)c1. The minimum Gasteiger partial charge on any atom is -0.497 e.